The van der Waals surface area contributed by atoms with Crippen LogP contribution in [0.2, 0.25) is 0 Å². The molecule has 0 spiro atoms. The third kappa shape index (κ3) is 4.44. The molecule has 0 aliphatic heterocycles. The monoisotopic (exact) mass is 225 g/mol. The average Bonchev–Trinajstić information content (AvgIpc) is 2.61. The molecule has 0 unspecified atom stereocenters. The number of imidazole rings is 1. The van der Waals surface area contributed by atoms with E-state index in [1.165, 1.54) is 0 Å². The van der Waals surface area contributed by atoms with Crippen molar-refractivity contribution in [3.05, 3.63) is 18.2 Å². The van der Waals surface area contributed by atoms with Gasteiger partial charge in [0, 0.05) is 32.4 Å². The second kappa shape index (κ2) is 6.27. The number of nitrogens with one attached hydrogen (secondary N) is 1. The number of nitrogens with zero attached hydrogens (tertiary/aromatic N) is 2. The Kier molecular flexibility index (Phi) is 4.98. The van der Waals surface area contributed by atoms with Crippen LogP contribution in [0, 0.1) is 0 Å². The molecule has 16 heavy (non-hydrogen) atoms. The van der Waals surface area contributed by atoms with Gasteiger partial charge >= 0.3 is 0 Å². The predicted molar refractivity (Wildman–Crippen MR) is 61.0 cm³/mol. The quantitative estimate of drug-likeness (QED) is 0.767. The van der Waals surface area contributed by atoms with Crippen LogP contribution in [0.5, 0.6) is 0 Å². The molecule has 0 saturated carbocycles. The summed E-state index contributed by atoms with van der Waals surface area (Å²) >= 11 is 0. The summed E-state index contributed by atoms with van der Waals surface area (Å²) in [5, 5.41) is 2.79. The molecule has 1 aromatic rings. The zero-order valence-electron chi connectivity index (χ0n) is 10.1. The molecule has 1 aromatic heterocycles. The lowest BCUT2D eigenvalue weighted by atomic mass is 10.4. The van der Waals surface area contributed by atoms with E-state index in [-0.39, 0.29) is 18.6 Å². The Hall–Kier alpha value is -1.36. The summed E-state index contributed by atoms with van der Waals surface area (Å²) < 4.78 is 7.12. The van der Waals surface area contributed by atoms with Gasteiger partial charge in [0.15, 0.2) is 0 Å². The summed E-state index contributed by atoms with van der Waals surface area (Å²) in [7, 11) is 1.94. The van der Waals surface area contributed by atoms with Gasteiger partial charge in [0.1, 0.15) is 12.4 Å². The number of carbonyl (C=O) groups excluding carboxylic acids is 1. The Morgan fingerprint density at radius 3 is 2.94 bits per heavy atom. The van der Waals surface area contributed by atoms with Gasteiger partial charge < -0.3 is 14.6 Å². The van der Waals surface area contributed by atoms with E-state index in [4.69, 9.17) is 4.74 Å². The van der Waals surface area contributed by atoms with Gasteiger partial charge in [-0.3, -0.25) is 4.79 Å². The first-order valence-electron chi connectivity index (χ1n) is 5.44. The molecule has 0 saturated heterocycles. The van der Waals surface area contributed by atoms with Crippen molar-refractivity contribution >= 4 is 5.91 Å². The van der Waals surface area contributed by atoms with E-state index in [0.29, 0.717) is 6.54 Å². The number of ether oxygens (including phenoxy) is 1. The summed E-state index contributed by atoms with van der Waals surface area (Å²) in [6, 6.07) is 0. The van der Waals surface area contributed by atoms with Crippen LogP contribution in [0.15, 0.2) is 12.4 Å². The van der Waals surface area contributed by atoms with Gasteiger partial charge in [-0.05, 0) is 13.8 Å². The van der Waals surface area contributed by atoms with Crippen molar-refractivity contribution in [2.45, 2.75) is 26.4 Å². The van der Waals surface area contributed by atoms with Crippen molar-refractivity contribution in [1.82, 2.24) is 14.9 Å². The number of aromatic nitrogens is 2. The zero-order valence-corrected chi connectivity index (χ0v) is 10.1. The average molecular weight is 225 g/mol. The molecule has 5 heteroatoms. The van der Waals surface area contributed by atoms with E-state index < -0.39 is 0 Å². The molecule has 1 rings (SSSR count). The van der Waals surface area contributed by atoms with Gasteiger partial charge in [-0.15, -0.1) is 0 Å². The number of aryl methyl sites for hydroxylation is 1. The minimum Gasteiger partial charge on any atom is -0.369 e. The molecule has 0 aliphatic carbocycles. The number of amides is 1. The van der Waals surface area contributed by atoms with E-state index >= 15 is 0 Å². The van der Waals surface area contributed by atoms with Gasteiger partial charge in [0.05, 0.1) is 6.10 Å². The van der Waals surface area contributed by atoms with Crippen LogP contribution >= 0.6 is 0 Å². The van der Waals surface area contributed by atoms with Crippen molar-refractivity contribution in [2.24, 2.45) is 7.05 Å². The minimum atomic E-state index is -0.0806. The lowest BCUT2D eigenvalue weighted by Crippen LogP contribution is -2.30. The lowest BCUT2D eigenvalue weighted by Gasteiger charge is -2.08. The highest BCUT2D eigenvalue weighted by atomic mass is 16.5. The van der Waals surface area contributed by atoms with Crippen LogP contribution in [0.4, 0.5) is 0 Å². The van der Waals surface area contributed by atoms with Crippen LogP contribution in [0.25, 0.3) is 0 Å². The van der Waals surface area contributed by atoms with Crippen LogP contribution in [0.3, 0.4) is 0 Å². The summed E-state index contributed by atoms with van der Waals surface area (Å²) in [5.74, 6) is 0.882. The van der Waals surface area contributed by atoms with Gasteiger partial charge in [-0.2, -0.15) is 0 Å². The van der Waals surface area contributed by atoms with Crippen LogP contribution < -0.4 is 5.32 Å². The molecule has 1 amide bonds. The van der Waals surface area contributed by atoms with Gasteiger partial charge in [0.2, 0.25) is 5.91 Å². The van der Waals surface area contributed by atoms with Crippen LogP contribution in [-0.4, -0.2) is 34.7 Å². The zero-order chi connectivity index (χ0) is 12.0. The summed E-state index contributed by atoms with van der Waals surface area (Å²) in [6.07, 6.45) is 4.45. The highest BCUT2D eigenvalue weighted by molar-refractivity contribution is 5.77. The Bertz CT molecular complexity index is 334. The lowest BCUT2D eigenvalue weighted by molar-refractivity contribution is -0.127. The van der Waals surface area contributed by atoms with E-state index in [1.54, 1.807) is 6.20 Å². The Morgan fingerprint density at radius 2 is 2.38 bits per heavy atom. The van der Waals surface area contributed by atoms with Gasteiger partial charge in [-0.25, -0.2) is 4.98 Å². The molecule has 0 aliphatic rings. The topological polar surface area (TPSA) is 56.1 Å². The largest absolute Gasteiger partial charge is 0.369 e. The number of carbonyl (C=O) groups is 1. The van der Waals surface area contributed by atoms with Crippen molar-refractivity contribution in [1.29, 1.82) is 0 Å². The molecular formula is C11H19N3O2. The molecular weight excluding hydrogens is 206 g/mol. The second-order valence-electron chi connectivity index (χ2n) is 3.91. The Morgan fingerprint density at radius 1 is 1.62 bits per heavy atom. The van der Waals surface area contributed by atoms with E-state index in [0.717, 1.165) is 12.2 Å². The Balaban J connectivity index is 2.16. The summed E-state index contributed by atoms with van der Waals surface area (Å²) in [6.45, 7) is 4.52. The van der Waals surface area contributed by atoms with Crippen molar-refractivity contribution < 1.29 is 9.53 Å². The summed E-state index contributed by atoms with van der Waals surface area (Å²) in [4.78, 5) is 15.5. The Labute approximate surface area is 95.8 Å². The third-order valence-electron chi connectivity index (χ3n) is 2.14. The highest BCUT2D eigenvalue weighted by Crippen LogP contribution is 1.94. The molecule has 90 valence electrons. The first-order chi connectivity index (χ1) is 7.59. The normalized spacial score (nSPS) is 10.8. The van der Waals surface area contributed by atoms with Crippen LogP contribution in [0.1, 0.15) is 19.7 Å². The molecule has 0 atom stereocenters. The number of hydrogen-bond acceptors (Lipinski definition) is 3. The molecule has 5 nitrogen and oxygen atoms in total. The summed E-state index contributed by atoms with van der Waals surface area (Å²) in [5.41, 5.74) is 0. The highest BCUT2D eigenvalue weighted by Gasteiger charge is 2.04. The van der Waals surface area contributed by atoms with E-state index in [1.807, 2.05) is 31.7 Å². The smallest absolute Gasteiger partial charge is 0.246 e. The van der Waals surface area contributed by atoms with Gasteiger partial charge in [-0.1, -0.05) is 0 Å². The minimum absolute atomic E-state index is 0.0806. The van der Waals surface area contributed by atoms with Crippen molar-refractivity contribution in [3.63, 3.8) is 0 Å². The maximum absolute atomic E-state index is 11.3. The third-order valence-corrected chi connectivity index (χ3v) is 2.14. The second-order valence-corrected chi connectivity index (χ2v) is 3.91. The first-order valence-corrected chi connectivity index (χ1v) is 5.44. The maximum atomic E-state index is 11.3. The van der Waals surface area contributed by atoms with E-state index in [9.17, 15) is 4.79 Å². The molecule has 0 bridgehead atoms. The maximum Gasteiger partial charge on any atom is 0.246 e. The molecule has 1 heterocycles. The SMILES string of the molecule is CC(C)OCC(=O)NCCc1nccn1C. The van der Waals surface area contributed by atoms with E-state index in [2.05, 4.69) is 10.3 Å². The van der Waals surface area contributed by atoms with Crippen molar-refractivity contribution in [2.75, 3.05) is 13.2 Å². The standard InChI is InChI=1S/C11H19N3O2/c1-9(2)16-8-11(15)13-5-4-10-12-6-7-14(10)3/h6-7,9H,4-5,8H2,1-3H3,(H,13,15). The fraction of sp³-hybridized carbons (Fsp3) is 0.636. The molecule has 0 radical (unpaired) electrons. The fourth-order valence-electron chi connectivity index (χ4n) is 1.24. The van der Waals surface area contributed by atoms with Crippen LogP contribution in [-0.2, 0) is 23.0 Å². The van der Waals surface area contributed by atoms with Crippen molar-refractivity contribution in [3.8, 4) is 0 Å². The fourth-order valence-corrected chi connectivity index (χ4v) is 1.24. The predicted octanol–water partition coefficient (Wildman–Crippen LogP) is 0.504. The number of rotatable bonds is 6. The molecule has 1 N–H and O–H groups in total. The molecule has 0 fully saturated rings. The number of hydrogen-bond donors (Lipinski definition) is 1. The molecule has 0 aromatic carbocycles. The van der Waals surface area contributed by atoms with Gasteiger partial charge in [0.25, 0.3) is 0 Å². The first kappa shape index (κ1) is 12.7.